The first-order valence-electron chi connectivity index (χ1n) is 18.5. The number of benzene rings is 2. The maximum absolute atomic E-state index is 12.8. The van der Waals surface area contributed by atoms with Crippen molar-refractivity contribution in [2.45, 2.75) is 87.0 Å². The SMILES string of the molecule is CN(C)S(=O)(=O)c1ccc2c(c1)sc(/C=C/C=C/C=C1/N(CCCCCC(=O)ON3C(=O)CCC3=O)c3ccc(S(=O)(=O)O)cc3C1(C)C)[n+]2CCCCS(=O)(=O)O. The summed E-state index contributed by atoms with van der Waals surface area (Å²) in [6.07, 6.45) is 11.6. The average molecular weight is 880 g/mol. The Labute approximate surface area is 342 Å². The summed E-state index contributed by atoms with van der Waals surface area (Å²) in [5, 5.41) is 1.30. The number of hydroxylamine groups is 2. The van der Waals surface area contributed by atoms with E-state index in [9.17, 15) is 48.7 Å². The number of hydrogen-bond donors (Lipinski definition) is 2. The van der Waals surface area contributed by atoms with Crippen LogP contribution in [-0.2, 0) is 61.4 Å². The Morgan fingerprint density at radius 2 is 1.59 bits per heavy atom. The normalized spacial score (nSPS) is 16.9. The maximum Gasteiger partial charge on any atom is 0.333 e. The highest BCUT2D eigenvalue weighted by Gasteiger charge is 2.40. The smallest absolute Gasteiger partial charge is 0.333 e. The highest BCUT2D eigenvalue weighted by atomic mass is 32.2. The summed E-state index contributed by atoms with van der Waals surface area (Å²) in [6, 6.07) is 9.31. The van der Waals surface area contributed by atoms with Gasteiger partial charge >= 0.3 is 5.97 Å². The molecule has 1 saturated heterocycles. The van der Waals surface area contributed by atoms with Crippen molar-refractivity contribution in [3.8, 4) is 0 Å². The predicted octanol–water partition coefficient (Wildman–Crippen LogP) is 4.77. The molecule has 1 fully saturated rings. The monoisotopic (exact) mass is 879 g/mol. The Hall–Kier alpha value is -4.31. The van der Waals surface area contributed by atoms with Crippen molar-refractivity contribution in [1.29, 1.82) is 0 Å². The second-order valence-corrected chi connectivity index (χ2v) is 20.8. The van der Waals surface area contributed by atoms with Gasteiger partial charge in [0, 0.05) is 75.3 Å². The van der Waals surface area contributed by atoms with Crippen LogP contribution in [-0.4, -0.2) is 87.9 Å². The number of aryl methyl sites for hydroxylation is 1. The summed E-state index contributed by atoms with van der Waals surface area (Å²) in [5.74, 6) is -2.14. The van der Waals surface area contributed by atoms with Crippen LogP contribution in [0.4, 0.5) is 5.69 Å². The largest absolute Gasteiger partial charge is 0.344 e. The number of hydrogen-bond acceptors (Lipinski definition) is 12. The molecule has 58 heavy (non-hydrogen) atoms. The van der Waals surface area contributed by atoms with Crippen LogP contribution in [0.5, 0.6) is 0 Å². The van der Waals surface area contributed by atoms with Gasteiger partial charge in [-0.3, -0.25) is 18.7 Å². The number of fused-ring (bicyclic) bond motifs is 2. The third-order valence-electron chi connectivity index (χ3n) is 9.85. The van der Waals surface area contributed by atoms with Crippen molar-refractivity contribution in [2.75, 3.05) is 31.3 Å². The van der Waals surface area contributed by atoms with Gasteiger partial charge in [0.1, 0.15) is 4.70 Å². The van der Waals surface area contributed by atoms with Gasteiger partial charge in [0.15, 0.2) is 6.54 Å². The van der Waals surface area contributed by atoms with Crippen molar-refractivity contribution in [2.24, 2.45) is 0 Å². The molecule has 0 unspecified atom stereocenters. The molecule has 0 atom stereocenters. The van der Waals surface area contributed by atoms with E-state index >= 15 is 0 Å². The number of anilines is 1. The van der Waals surface area contributed by atoms with Crippen molar-refractivity contribution in [3.63, 3.8) is 0 Å². The Bertz CT molecular complexity index is 2510. The molecule has 0 radical (unpaired) electrons. The molecule has 16 nitrogen and oxygen atoms in total. The Morgan fingerprint density at radius 3 is 2.24 bits per heavy atom. The molecule has 2 amide bonds. The minimum absolute atomic E-state index is 0.00927. The average Bonchev–Trinajstić information content (AvgIpc) is 3.72. The number of nitrogens with zero attached hydrogens (tertiary/aromatic N) is 4. The molecule has 0 aliphatic carbocycles. The molecule has 0 saturated carbocycles. The lowest BCUT2D eigenvalue weighted by molar-refractivity contribution is -0.669. The zero-order chi connectivity index (χ0) is 42.6. The summed E-state index contributed by atoms with van der Waals surface area (Å²) in [4.78, 5) is 42.8. The van der Waals surface area contributed by atoms with E-state index in [1.54, 1.807) is 18.2 Å². The first-order chi connectivity index (χ1) is 27.1. The Kier molecular flexibility index (Phi) is 13.8. The van der Waals surface area contributed by atoms with E-state index < -0.39 is 53.5 Å². The number of carbonyl (C=O) groups excluding carboxylic acids is 3. The predicted molar refractivity (Wildman–Crippen MR) is 217 cm³/mol. The van der Waals surface area contributed by atoms with E-state index in [-0.39, 0.29) is 41.2 Å². The lowest BCUT2D eigenvalue weighted by Crippen LogP contribution is -2.35. The number of thiazole rings is 1. The zero-order valence-electron chi connectivity index (χ0n) is 32.5. The van der Waals surface area contributed by atoms with Crippen LogP contribution in [0.2, 0.25) is 0 Å². The molecular weight excluding hydrogens is 833 g/mol. The fourth-order valence-electron chi connectivity index (χ4n) is 6.79. The number of amides is 2. The number of imide groups is 1. The minimum Gasteiger partial charge on any atom is -0.344 e. The third-order valence-corrected chi connectivity index (χ3v) is 14.4. The van der Waals surface area contributed by atoms with E-state index in [0.29, 0.717) is 54.1 Å². The number of aromatic nitrogens is 1. The number of unbranched alkanes of at least 4 members (excludes halogenated alkanes) is 3. The highest BCUT2D eigenvalue weighted by molar-refractivity contribution is 7.89. The number of allylic oxidation sites excluding steroid dienone is 5. The van der Waals surface area contributed by atoms with E-state index in [4.69, 9.17) is 4.84 Å². The molecule has 2 aliphatic heterocycles. The van der Waals surface area contributed by atoms with Gasteiger partial charge in [-0.15, -0.1) is 5.06 Å². The summed E-state index contributed by atoms with van der Waals surface area (Å²) in [6.45, 7) is 4.80. The quantitative estimate of drug-likeness (QED) is 0.0580. The fraction of sp³-hybridized carbons (Fsp3) is 0.421. The molecular formula is C38H47N4O12S4+. The van der Waals surface area contributed by atoms with Crippen LogP contribution in [0.25, 0.3) is 16.3 Å². The first kappa shape index (κ1) is 44.8. The van der Waals surface area contributed by atoms with Gasteiger partial charge in [-0.2, -0.15) is 21.4 Å². The van der Waals surface area contributed by atoms with E-state index in [1.807, 2.05) is 48.8 Å². The van der Waals surface area contributed by atoms with E-state index in [2.05, 4.69) is 4.90 Å². The van der Waals surface area contributed by atoms with Crippen molar-refractivity contribution in [3.05, 3.63) is 77.0 Å². The Balaban J connectivity index is 1.36. The number of carbonyl (C=O) groups is 3. The van der Waals surface area contributed by atoms with Crippen LogP contribution in [0.15, 0.2) is 76.2 Å². The fourth-order valence-corrected chi connectivity index (χ4v) is 10.0. The summed E-state index contributed by atoms with van der Waals surface area (Å²) < 4.78 is 95.2. The molecule has 3 aromatic rings. The van der Waals surface area contributed by atoms with Crippen LogP contribution in [0.3, 0.4) is 0 Å². The summed E-state index contributed by atoms with van der Waals surface area (Å²) in [5.41, 5.74) is 2.37. The van der Waals surface area contributed by atoms with E-state index in [0.717, 1.165) is 26.2 Å². The summed E-state index contributed by atoms with van der Waals surface area (Å²) in [7, 11) is -9.37. The van der Waals surface area contributed by atoms with Crippen LogP contribution < -0.4 is 9.47 Å². The molecule has 3 heterocycles. The lowest BCUT2D eigenvalue weighted by atomic mass is 9.83. The van der Waals surface area contributed by atoms with Crippen molar-refractivity contribution >= 4 is 81.4 Å². The zero-order valence-corrected chi connectivity index (χ0v) is 35.8. The second-order valence-electron chi connectivity index (χ2n) is 14.6. The molecule has 1 aromatic heterocycles. The molecule has 0 bridgehead atoms. The van der Waals surface area contributed by atoms with E-state index in [1.165, 1.54) is 43.6 Å². The van der Waals surface area contributed by atoms with Gasteiger partial charge in [-0.05, 0) is 61.2 Å². The topological polar surface area (TPSA) is 217 Å². The third kappa shape index (κ3) is 10.5. The van der Waals surface area contributed by atoms with Gasteiger partial charge in [-0.1, -0.05) is 49.8 Å². The Morgan fingerprint density at radius 1 is 0.897 bits per heavy atom. The molecule has 2 aliphatic rings. The lowest BCUT2D eigenvalue weighted by Gasteiger charge is -2.27. The number of rotatable bonds is 18. The van der Waals surface area contributed by atoms with Crippen LogP contribution in [0.1, 0.15) is 75.8 Å². The molecule has 2 aromatic carbocycles. The molecule has 314 valence electrons. The standard InChI is InChI=1S/C38H46N4O12S4/c1-38(2)29-25-28(58(51,52)53)17-18-30(29)40(22-10-6-9-15-37(45)54-42-34(43)20-21-35(42)44)33(38)13-7-5-8-14-36-41(23-11-12-24-56(46,47)48)31-19-16-27(26-32(31)55-36)57(49,50)39(3)4/h5,7-8,13-14,16-19,25-26H,6,9-12,15,20-24H2,1-4H3,(H-,46,47,48,51,52,53)/p+1. The number of sulfonamides is 1. The van der Waals surface area contributed by atoms with Gasteiger partial charge in [0.25, 0.3) is 37.1 Å². The van der Waals surface area contributed by atoms with Gasteiger partial charge in [0.05, 0.1) is 15.5 Å². The highest BCUT2D eigenvalue weighted by Crippen LogP contribution is 2.48. The van der Waals surface area contributed by atoms with Crippen LogP contribution in [0, 0.1) is 0 Å². The van der Waals surface area contributed by atoms with Gasteiger partial charge < -0.3 is 9.74 Å². The minimum atomic E-state index is -4.47. The van der Waals surface area contributed by atoms with Crippen molar-refractivity contribution < 1.29 is 58.1 Å². The van der Waals surface area contributed by atoms with Gasteiger partial charge in [0.2, 0.25) is 15.5 Å². The molecule has 2 N–H and O–H groups in total. The summed E-state index contributed by atoms with van der Waals surface area (Å²) >= 11 is 1.37. The molecule has 20 heteroatoms. The second kappa shape index (κ2) is 17.9. The van der Waals surface area contributed by atoms with Gasteiger partial charge in [-0.25, -0.2) is 17.5 Å². The first-order valence-corrected chi connectivity index (χ1v) is 23.8. The van der Waals surface area contributed by atoms with Crippen LogP contribution >= 0.6 is 11.3 Å². The van der Waals surface area contributed by atoms with Crippen molar-refractivity contribution in [1.82, 2.24) is 9.37 Å². The molecule has 5 rings (SSSR count). The maximum atomic E-state index is 12.8. The molecule has 0 spiro atoms.